The van der Waals surface area contributed by atoms with Crippen molar-refractivity contribution in [1.29, 1.82) is 0 Å². The summed E-state index contributed by atoms with van der Waals surface area (Å²) in [5, 5.41) is 6.33. The average molecular weight is 302 g/mol. The highest BCUT2D eigenvalue weighted by atomic mass is 16.6. The van der Waals surface area contributed by atoms with E-state index in [0.717, 1.165) is 5.69 Å². The lowest BCUT2D eigenvalue weighted by Crippen LogP contribution is -2.27. The number of urea groups is 1. The number of hydrogen-bond donors (Lipinski definition) is 1. The zero-order chi connectivity index (χ0) is 15.5. The Labute approximate surface area is 126 Å². The Morgan fingerprint density at radius 2 is 2.18 bits per heavy atom. The van der Waals surface area contributed by atoms with Gasteiger partial charge in [-0.05, 0) is 31.2 Å². The number of aromatic nitrogens is 2. The number of nitrogens with one attached hydrogen (secondary N) is 1. The maximum Gasteiger partial charge on any atom is 0.338 e. The van der Waals surface area contributed by atoms with E-state index < -0.39 is 5.97 Å². The molecule has 2 heterocycles. The maximum atomic E-state index is 11.9. The Hall–Kier alpha value is -2.90. The number of anilines is 1. The van der Waals surface area contributed by atoms with Crippen LogP contribution in [0.2, 0.25) is 0 Å². The molecule has 8 heteroatoms. The van der Waals surface area contributed by atoms with E-state index in [1.165, 1.54) is 0 Å². The fraction of sp³-hybridized carbons (Fsp3) is 0.286. The normalized spacial score (nSPS) is 14.0. The number of carbonyl (C=O) groups is 2. The number of esters is 1. The monoisotopic (exact) mass is 302 g/mol. The Morgan fingerprint density at radius 3 is 2.77 bits per heavy atom. The van der Waals surface area contributed by atoms with Crippen LogP contribution in [0.5, 0.6) is 0 Å². The van der Waals surface area contributed by atoms with Gasteiger partial charge in [0.2, 0.25) is 0 Å². The van der Waals surface area contributed by atoms with Crippen molar-refractivity contribution in [3.05, 3.63) is 41.5 Å². The summed E-state index contributed by atoms with van der Waals surface area (Å²) in [6.45, 7) is 2.84. The first-order valence-corrected chi connectivity index (χ1v) is 6.75. The lowest BCUT2D eigenvalue weighted by Gasteiger charge is -2.14. The standard InChI is InChI=1S/C14H14N4O4/c1-9-16-12(22-17-9)8-21-13(19)10-2-4-11(5-3-10)18-7-6-15-14(18)20/h2-5H,6-8H2,1H3,(H,15,20). The summed E-state index contributed by atoms with van der Waals surface area (Å²) in [6, 6.07) is 6.50. The Balaban J connectivity index is 1.62. The maximum absolute atomic E-state index is 11.9. The fourth-order valence-electron chi connectivity index (χ4n) is 2.10. The summed E-state index contributed by atoms with van der Waals surface area (Å²) in [6.07, 6.45) is 0. The molecule has 8 nitrogen and oxygen atoms in total. The fourth-order valence-corrected chi connectivity index (χ4v) is 2.10. The van der Waals surface area contributed by atoms with E-state index in [0.29, 0.717) is 24.5 Å². The molecule has 3 rings (SSSR count). The molecule has 1 N–H and O–H groups in total. The number of nitrogens with zero attached hydrogens (tertiary/aromatic N) is 3. The second-order valence-electron chi connectivity index (χ2n) is 4.74. The van der Waals surface area contributed by atoms with Crippen molar-refractivity contribution in [3.8, 4) is 0 Å². The van der Waals surface area contributed by atoms with Crippen LogP contribution >= 0.6 is 0 Å². The van der Waals surface area contributed by atoms with Crippen LogP contribution < -0.4 is 10.2 Å². The molecule has 1 aromatic heterocycles. The molecule has 0 aliphatic carbocycles. The number of rotatable bonds is 4. The van der Waals surface area contributed by atoms with Crippen molar-refractivity contribution in [1.82, 2.24) is 15.5 Å². The lowest BCUT2D eigenvalue weighted by molar-refractivity contribution is 0.0430. The van der Waals surface area contributed by atoms with Crippen molar-refractivity contribution in [2.45, 2.75) is 13.5 Å². The summed E-state index contributed by atoms with van der Waals surface area (Å²) in [7, 11) is 0. The minimum Gasteiger partial charge on any atom is -0.452 e. The first kappa shape index (κ1) is 14.1. The highest BCUT2D eigenvalue weighted by Gasteiger charge is 2.21. The van der Waals surface area contributed by atoms with Crippen molar-refractivity contribution >= 4 is 17.7 Å². The first-order chi connectivity index (χ1) is 10.6. The number of aryl methyl sites for hydroxylation is 1. The number of hydrogen-bond acceptors (Lipinski definition) is 6. The minimum absolute atomic E-state index is 0.0735. The van der Waals surface area contributed by atoms with Crippen molar-refractivity contribution in [2.24, 2.45) is 0 Å². The highest BCUT2D eigenvalue weighted by Crippen LogP contribution is 2.17. The van der Waals surface area contributed by atoms with Gasteiger partial charge in [-0.2, -0.15) is 4.98 Å². The van der Waals surface area contributed by atoms with Gasteiger partial charge in [0, 0.05) is 18.8 Å². The van der Waals surface area contributed by atoms with Gasteiger partial charge in [-0.15, -0.1) is 0 Å². The molecule has 1 aromatic carbocycles. The van der Waals surface area contributed by atoms with E-state index in [-0.39, 0.29) is 18.5 Å². The van der Waals surface area contributed by atoms with Crippen molar-refractivity contribution in [2.75, 3.05) is 18.0 Å². The van der Waals surface area contributed by atoms with Crippen LogP contribution in [0.25, 0.3) is 0 Å². The van der Waals surface area contributed by atoms with Gasteiger partial charge in [0.05, 0.1) is 5.56 Å². The molecule has 22 heavy (non-hydrogen) atoms. The first-order valence-electron chi connectivity index (χ1n) is 6.75. The smallest absolute Gasteiger partial charge is 0.338 e. The SMILES string of the molecule is Cc1noc(COC(=O)c2ccc(N3CCNC3=O)cc2)n1. The van der Waals surface area contributed by atoms with Gasteiger partial charge in [0.25, 0.3) is 5.89 Å². The van der Waals surface area contributed by atoms with E-state index >= 15 is 0 Å². The summed E-state index contributed by atoms with van der Waals surface area (Å²) in [5.74, 6) is 0.240. The van der Waals surface area contributed by atoms with Crippen LogP contribution in [-0.4, -0.2) is 35.2 Å². The average Bonchev–Trinajstić information content (AvgIpc) is 3.13. The number of ether oxygens (including phenoxy) is 1. The predicted octanol–water partition coefficient (Wildman–Crippen LogP) is 1.26. The van der Waals surface area contributed by atoms with E-state index in [2.05, 4.69) is 15.5 Å². The molecule has 0 atom stereocenters. The summed E-state index contributed by atoms with van der Waals surface area (Å²) >= 11 is 0. The molecule has 2 amide bonds. The summed E-state index contributed by atoms with van der Waals surface area (Å²) in [4.78, 5) is 29.0. The van der Waals surface area contributed by atoms with Crippen LogP contribution in [0.15, 0.2) is 28.8 Å². The second-order valence-corrected chi connectivity index (χ2v) is 4.74. The molecular weight excluding hydrogens is 288 g/mol. The third-order valence-corrected chi connectivity index (χ3v) is 3.17. The van der Waals surface area contributed by atoms with Gasteiger partial charge >= 0.3 is 12.0 Å². The molecule has 0 saturated carbocycles. The largest absolute Gasteiger partial charge is 0.452 e. The minimum atomic E-state index is -0.492. The van der Waals surface area contributed by atoms with Crippen LogP contribution in [0.3, 0.4) is 0 Å². The lowest BCUT2D eigenvalue weighted by atomic mass is 10.2. The molecule has 0 radical (unpaired) electrons. The third-order valence-electron chi connectivity index (χ3n) is 3.17. The van der Waals surface area contributed by atoms with Crippen LogP contribution in [0.4, 0.5) is 10.5 Å². The molecular formula is C14H14N4O4. The Morgan fingerprint density at radius 1 is 1.41 bits per heavy atom. The van der Waals surface area contributed by atoms with E-state index in [1.54, 1.807) is 36.1 Å². The molecule has 114 valence electrons. The Kier molecular flexibility index (Phi) is 3.73. The molecule has 1 fully saturated rings. The number of amides is 2. The predicted molar refractivity (Wildman–Crippen MR) is 75.3 cm³/mol. The third kappa shape index (κ3) is 2.90. The quantitative estimate of drug-likeness (QED) is 0.854. The molecule has 0 unspecified atom stereocenters. The van der Waals surface area contributed by atoms with E-state index in [4.69, 9.17) is 9.26 Å². The molecule has 1 aliphatic rings. The van der Waals surface area contributed by atoms with Gasteiger partial charge in [0.15, 0.2) is 12.4 Å². The van der Waals surface area contributed by atoms with Gasteiger partial charge in [0.1, 0.15) is 0 Å². The molecule has 2 aromatic rings. The summed E-state index contributed by atoms with van der Waals surface area (Å²) < 4.78 is 9.95. The van der Waals surface area contributed by atoms with Crippen LogP contribution in [-0.2, 0) is 11.3 Å². The van der Waals surface area contributed by atoms with Crippen LogP contribution in [0.1, 0.15) is 22.1 Å². The molecule has 1 aliphatic heterocycles. The van der Waals surface area contributed by atoms with Crippen molar-refractivity contribution < 1.29 is 18.8 Å². The second kappa shape index (κ2) is 5.84. The van der Waals surface area contributed by atoms with Crippen LogP contribution in [0, 0.1) is 6.92 Å². The molecule has 0 spiro atoms. The molecule has 1 saturated heterocycles. The summed E-state index contributed by atoms with van der Waals surface area (Å²) in [5.41, 5.74) is 1.12. The zero-order valence-corrected chi connectivity index (χ0v) is 11.9. The van der Waals surface area contributed by atoms with E-state index in [9.17, 15) is 9.59 Å². The zero-order valence-electron chi connectivity index (χ0n) is 11.9. The number of benzene rings is 1. The van der Waals surface area contributed by atoms with E-state index in [1.807, 2.05) is 0 Å². The Bertz CT molecular complexity index is 695. The molecule has 0 bridgehead atoms. The van der Waals surface area contributed by atoms with Gasteiger partial charge in [-0.1, -0.05) is 5.16 Å². The van der Waals surface area contributed by atoms with Gasteiger partial charge in [-0.3, -0.25) is 4.90 Å². The highest BCUT2D eigenvalue weighted by molar-refractivity contribution is 5.95. The van der Waals surface area contributed by atoms with Crippen molar-refractivity contribution in [3.63, 3.8) is 0 Å². The number of carbonyl (C=O) groups excluding carboxylic acids is 2. The topological polar surface area (TPSA) is 97.6 Å². The van der Waals surface area contributed by atoms with Gasteiger partial charge in [-0.25, -0.2) is 9.59 Å². The van der Waals surface area contributed by atoms with Gasteiger partial charge < -0.3 is 14.6 Å².